The summed E-state index contributed by atoms with van der Waals surface area (Å²) in [5.41, 5.74) is -0.909. The lowest BCUT2D eigenvalue weighted by Gasteiger charge is -2.17. The summed E-state index contributed by atoms with van der Waals surface area (Å²) in [7, 11) is 0. The molecule has 1 aromatic heterocycles. The molecule has 0 aliphatic rings. The van der Waals surface area contributed by atoms with E-state index in [2.05, 4.69) is 15.3 Å². The minimum atomic E-state index is -4.60. The van der Waals surface area contributed by atoms with Crippen molar-refractivity contribution in [1.29, 1.82) is 0 Å². The van der Waals surface area contributed by atoms with Gasteiger partial charge in [-0.15, -0.1) is 0 Å². The summed E-state index contributed by atoms with van der Waals surface area (Å²) < 4.78 is 39.2. The molecular weight excluding hydrogens is 333 g/mol. The summed E-state index contributed by atoms with van der Waals surface area (Å²) in [4.78, 5) is 13.9. The van der Waals surface area contributed by atoms with Gasteiger partial charge in [-0.2, -0.15) is 18.3 Å². The molecule has 23 heavy (non-hydrogen) atoms. The van der Waals surface area contributed by atoms with Crippen molar-refractivity contribution < 1.29 is 18.0 Å². The third-order valence-corrected chi connectivity index (χ3v) is 4.05. The van der Waals surface area contributed by atoms with E-state index in [1.807, 2.05) is 13.8 Å². The molecule has 1 heterocycles. The van der Waals surface area contributed by atoms with Crippen LogP contribution in [0.5, 0.6) is 0 Å². The molecule has 9 heteroatoms. The smallest absolute Gasteiger partial charge is 0.355 e. The topological polar surface area (TPSA) is 50.2 Å². The van der Waals surface area contributed by atoms with Crippen molar-refractivity contribution in [2.24, 2.45) is 0 Å². The Hall–Kier alpha value is -1.28. The fourth-order valence-corrected chi connectivity index (χ4v) is 2.35. The van der Waals surface area contributed by atoms with E-state index in [9.17, 15) is 18.0 Å². The maximum absolute atomic E-state index is 12.7. The van der Waals surface area contributed by atoms with E-state index < -0.39 is 16.9 Å². The van der Waals surface area contributed by atoms with Gasteiger partial charge in [-0.1, -0.05) is 25.4 Å². The Morgan fingerprint density at radius 3 is 2.43 bits per heavy atom. The fourth-order valence-electron chi connectivity index (χ4n) is 2.11. The maximum Gasteiger partial charge on any atom is 0.436 e. The standard InChI is InChI=1S/C14H22ClF3N4O/c1-4-21(5-2)9-7-19-11(23)6-8-22-10(3)12(15)13(20-22)14(16,17)18/h4-9H2,1-3H3,(H,19,23). The van der Waals surface area contributed by atoms with Crippen molar-refractivity contribution in [3.05, 3.63) is 16.4 Å². The molecule has 0 radical (unpaired) electrons. The van der Waals surface area contributed by atoms with Gasteiger partial charge in [0, 0.05) is 19.5 Å². The minimum Gasteiger partial charge on any atom is -0.355 e. The van der Waals surface area contributed by atoms with Gasteiger partial charge in [0.25, 0.3) is 0 Å². The number of alkyl halides is 3. The van der Waals surface area contributed by atoms with Crippen LogP contribution in [0, 0.1) is 6.92 Å². The van der Waals surface area contributed by atoms with Crippen molar-refractivity contribution >= 4 is 17.5 Å². The average Bonchev–Trinajstić information content (AvgIpc) is 2.77. The third kappa shape index (κ3) is 5.69. The van der Waals surface area contributed by atoms with E-state index in [-0.39, 0.29) is 24.6 Å². The number of halogens is 4. The zero-order valence-electron chi connectivity index (χ0n) is 13.5. The monoisotopic (exact) mass is 354 g/mol. The normalized spacial score (nSPS) is 12.0. The first kappa shape index (κ1) is 19.8. The van der Waals surface area contributed by atoms with Gasteiger partial charge >= 0.3 is 6.18 Å². The van der Waals surface area contributed by atoms with Gasteiger partial charge in [0.05, 0.1) is 17.3 Å². The lowest BCUT2D eigenvalue weighted by molar-refractivity contribution is -0.141. The second-order valence-electron chi connectivity index (χ2n) is 5.10. The number of hydrogen-bond acceptors (Lipinski definition) is 3. The van der Waals surface area contributed by atoms with E-state index in [0.29, 0.717) is 6.54 Å². The lowest BCUT2D eigenvalue weighted by atomic mass is 10.3. The number of aromatic nitrogens is 2. The Balaban J connectivity index is 2.51. The van der Waals surface area contributed by atoms with Crippen LogP contribution >= 0.6 is 11.6 Å². The first-order chi connectivity index (χ1) is 10.7. The number of hydrogen-bond donors (Lipinski definition) is 1. The molecule has 0 aliphatic carbocycles. The predicted molar refractivity (Wildman–Crippen MR) is 82.4 cm³/mol. The SMILES string of the molecule is CCN(CC)CCNC(=O)CCn1nc(C(F)(F)F)c(Cl)c1C. The Kier molecular flexibility index (Phi) is 7.34. The molecule has 0 saturated heterocycles. The van der Waals surface area contributed by atoms with Gasteiger partial charge < -0.3 is 10.2 Å². The highest BCUT2D eigenvalue weighted by molar-refractivity contribution is 6.31. The van der Waals surface area contributed by atoms with Crippen LogP contribution in [0.1, 0.15) is 31.7 Å². The maximum atomic E-state index is 12.7. The molecular formula is C14H22ClF3N4O. The van der Waals surface area contributed by atoms with Gasteiger partial charge in [0.2, 0.25) is 5.91 Å². The summed E-state index contributed by atoms with van der Waals surface area (Å²) in [5, 5.41) is 5.79. The van der Waals surface area contributed by atoms with Gasteiger partial charge in [-0.25, -0.2) is 0 Å². The minimum absolute atomic E-state index is 0.0500. The van der Waals surface area contributed by atoms with Gasteiger partial charge in [0.1, 0.15) is 0 Å². The summed E-state index contributed by atoms with van der Waals surface area (Å²) in [5.74, 6) is -0.225. The Morgan fingerprint density at radius 2 is 1.96 bits per heavy atom. The molecule has 5 nitrogen and oxygen atoms in total. The molecule has 1 rings (SSSR count). The first-order valence-corrected chi connectivity index (χ1v) is 7.87. The Morgan fingerprint density at radius 1 is 1.35 bits per heavy atom. The molecule has 1 aromatic rings. The number of carbonyl (C=O) groups is 1. The molecule has 0 saturated carbocycles. The summed E-state index contributed by atoms with van der Waals surface area (Å²) in [6.07, 6.45) is -4.55. The number of carbonyl (C=O) groups excluding carboxylic acids is 1. The van der Waals surface area contributed by atoms with Crippen molar-refractivity contribution in [2.45, 2.75) is 39.9 Å². The second kappa shape index (κ2) is 8.54. The van der Waals surface area contributed by atoms with Crippen LogP contribution in [0.25, 0.3) is 0 Å². The summed E-state index contributed by atoms with van der Waals surface area (Å²) in [6, 6.07) is 0. The summed E-state index contributed by atoms with van der Waals surface area (Å²) in [6.45, 7) is 8.62. The molecule has 0 fully saturated rings. The Labute approximate surface area is 138 Å². The fraction of sp³-hybridized carbons (Fsp3) is 0.714. The molecule has 0 spiro atoms. The average molecular weight is 355 g/mol. The van der Waals surface area contributed by atoms with E-state index in [1.165, 1.54) is 6.92 Å². The van der Waals surface area contributed by atoms with E-state index in [1.54, 1.807) is 0 Å². The van der Waals surface area contributed by atoms with Crippen LogP contribution in [0.4, 0.5) is 13.2 Å². The number of nitrogens with one attached hydrogen (secondary N) is 1. The molecule has 0 aromatic carbocycles. The number of rotatable bonds is 8. The van der Waals surface area contributed by atoms with E-state index >= 15 is 0 Å². The van der Waals surface area contributed by atoms with Gasteiger partial charge in [-0.3, -0.25) is 9.48 Å². The van der Waals surface area contributed by atoms with E-state index in [4.69, 9.17) is 11.6 Å². The molecule has 1 amide bonds. The first-order valence-electron chi connectivity index (χ1n) is 7.49. The van der Waals surface area contributed by atoms with Crippen LogP contribution < -0.4 is 5.32 Å². The quantitative estimate of drug-likeness (QED) is 0.781. The number of aryl methyl sites for hydroxylation is 1. The molecule has 0 bridgehead atoms. The van der Waals surface area contributed by atoms with Crippen LogP contribution in [0.3, 0.4) is 0 Å². The van der Waals surface area contributed by atoms with Crippen molar-refractivity contribution in [3.8, 4) is 0 Å². The molecule has 0 atom stereocenters. The highest BCUT2D eigenvalue weighted by Gasteiger charge is 2.38. The van der Waals surface area contributed by atoms with Crippen LogP contribution in [0.2, 0.25) is 5.02 Å². The van der Waals surface area contributed by atoms with Crippen molar-refractivity contribution in [2.75, 3.05) is 26.2 Å². The number of likely N-dealkylation sites (N-methyl/N-ethyl adjacent to an activating group) is 1. The molecule has 132 valence electrons. The molecule has 0 unspecified atom stereocenters. The predicted octanol–water partition coefficient (Wildman–Crippen LogP) is 2.71. The highest BCUT2D eigenvalue weighted by atomic mass is 35.5. The zero-order valence-corrected chi connectivity index (χ0v) is 14.3. The third-order valence-electron chi connectivity index (χ3n) is 3.60. The van der Waals surface area contributed by atoms with Crippen LogP contribution in [0.15, 0.2) is 0 Å². The largest absolute Gasteiger partial charge is 0.436 e. The second-order valence-corrected chi connectivity index (χ2v) is 5.47. The lowest BCUT2D eigenvalue weighted by Crippen LogP contribution is -2.35. The van der Waals surface area contributed by atoms with Crippen LogP contribution in [-0.4, -0.2) is 46.8 Å². The molecule has 1 N–H and O–H groups in total. The molecule has 0 aliphatic heterocycles. The summed E-state index contributed by atoms with van der Waals surface area (Å²) >= 11 is 5.65. The number of nitrogens with zero attached hydrogens (tertiary/aromatic N) is 3. The van der Waals surface area contributed by atoms with E-state index in [0.717, 1.165) is 24.3 Å². The van der Waals surface area contributed by atoms with Crippen molar-refractivity contribution in [3.63, 3.8) is 0 Å². The van der Waals surface area contributed by atoms with Gasteiger partial charge in [-0.05, 0) is 20.0 Å². The van der Waals surface area contributed by atoms with Crippen molar-refractivity contribution in [1.82, 2.24) is 20.0 Å². The Bertz CT molecular complexity index is 527. The van der Waals surface area contributed by atoms with Gasteiger partial charge in [0.15, 0.2) is 5.69 Å². The highest BCUT2D eigenvalue weighted by Crippen LogP contribution is 2.35. The van der Waals surface area contributed by atoms with Crippen LogP contribution in [-0.2, 0) is 17.5 Å². The number of amides is 1. The zero-order chi connectivity index (χ0) is 17.6.